The molecule has 0 aliphatic heterocycles. The molecule has 62 valence electrons. The molecule has 0 aliphatic rings. The second kappa shape index (κ2) is 4.31. The van der Waals surface area contributed by atoms with Crippen LogP contribution in [0.1, 0.15) is 13.3 Å². The van der Waals surface area contributed by atoms with Crippen molar-refractivity contribution in [1.29, 1.82) is 0 Å². The van der Waals surface area contributed by atoms with Crippen molar-refractivity contribution in [1.82, 2.24) is 0 Å². The van der Waals surface area contributed by atoms with Gasteiger partial charge in [0.1, 0.15) is 0 Å². The van der Waals surface area contributed by atoms with Gasteiger partial charge in [-0.2, -0.15) is 0 Å². The highest BCUT2D eigenvalue weighted by molar-refractivity contribution is 6.77. The number of hydrogen-bond donors (Lipinski definition) is 0. The zero-order valence-electron chi connectivity index (χ0n) is 7.90. The average molecular weight is 176 g/mol. The van der Waals surface area contributed by atoms with Crippen LogP contribution in [0.15, 0.2) is 0 Å². The van der Waals surface area contributed by atoms with Gasteiger partial charge in [-0.1, -0.05) is 13.3 Å². The molecule has 1 atom stereocenters. The highest BCUT2D eigenvalue weighted by Crippen LogP contribution is 2.08. The second-order valence-electron chi connectivity index (χ2n) is 3.83. The molecule has 0 aromatic rings. The Morgan fingerprint density at radius 1 is 1.30 bits per heavy atom. The molecule has 1 unspecified atom stereocenters. The van der Waals surface area contributed by atoms with E-state index in [1.807, 2.05) is 0 Å². The minimum atomic E-state index is -1.20. The summed E-state index contributed by atoms with van der Waals surface area (Å²) in [6.07, 6.45) is 1.29. The second-order valence-corrected chi connectivity index (χ2v) is 11.2. The van der Waals surface area contributed by atoms with Crippen molar-refractivity contribution in [2.24, 2.45) is 0 Å². The van der Waals surface area contributed by atoms with Gasteiger partial charge in [0.2, 0.25) is 0 Å². The van der Waals surface area contributed by atoms with E-state index in [1.54, 1.807) is 0 Å². The molecule has 3 heteroatoms. The first kappa shape index (κ1) is 10.4. The maximum absolute atomic E-state index is 5.96. The van der Waals surface area contributed by atoms with Crippen LogP contribution in [-0.4, -0.2) is 17.4 Å². The van der Waals surface area contributed by atoms with E-state index in [9.17, 15) is 0 Å². The largest absolute Gasteiger partial charge is 0.458 e. The molecule has 0 aliphatic carbocycles. The summed E-state index contributed by atoms with van der Waals surface area (Å²) in [5, 5.41) is 0. The van der Waals surface area contributed by atoms with Crippen molar-refractivity contribution < 1.29 is 4.12 Å². The summed E-state index contributed by atoms with van der Waals surface area (Å²) in [6, 6.07) is 1.34. The fourth-order valence-corrected chi connectivity index (χ4v) is 7.18. The lowest BCUT2D eigenvalue weighted by molar-refractivity contribution is 0.571. The summed E-state index contributed by atoms with van der Waals surface area (Å²) in [6.45, 7) is 11.4. The molecule has 0 rings (SSSR count). The predicted octanol–water partition coefficient (Wildman–Crippen LogP) is 2.60. The average Bonchev–Trinajstić information content (AvgIpc) is 1.59. The Kier molecular flexibility index (Phi) is 4.48. The molecule has 10 heavy (non-hydrogen) atoms. The smallest absolute Gasteiger partial charge is 0.170 e. The van der Waals surface area contributed by atoms with Crippen molar-refractivity contribution in [2.75, 3.05) is 0 Å². The van der Waals surface area contributed by atoms with Gasteiger partial charge in [0.25, 0.3) is 0 Å². The van der Waals surface area contributed by atoms with Gasteiger partial charge < -0.3 is 4.12 Å². The first-order valence-electron chi connectivity index (χ1n) is 4.13. The van der Waals surface area contributed by atoms with Gasteiger partial charge in [0.05, 0.1) is 0 Å². The van der Waals surface area contributed by atoms with E-state index < -0.39 is 17.4 Å². The van der Waals surface area contributed by atoms with Crippen molar-refractivity contribution in [3.63, 3.8) is 0 Å². The lowest BCUT2D eigenvalue weighted by Gasteiger charge is -2.22. The summed E-state index contributed by atoms with van der Waals surface area (Å²) in [7, 11) is -1.96. The number of hydrogen-bond acceptors (Lipinski definition) is 1. The Balaban J connectivity index is 3.47. The molecule has 0 N–H and O–H groups in total. The Morgan fingerprint density at radius 3 is 2.10 bits per heavy atom. The van der Waals surface area contributed by atoms with E-state index in [0.717, 1.165) is 0 Å². The third-order valence-electron chi connectivity index (χ3n) is 1.25. The van der Waals surface area contributed by atoms with Gasteiger partial charge in [-0.3, -0.25) is 0 Å². The molecule has 0 saturated carbocycles. The van der Waals surface area contributed by atoms with Crippen LogP contribution < -0.4 is 0 Å². The van der Waals surface area contributed by atoms with Crippen molar-refractivity contribution in [3.05, 3.63) is 0 Å². The third kappa shape index (κ3) is 6.51. The first-order chi connectivity index (χ1) is 4.45. The standard InChI is InChI=1S/C7H20OSi2/c1-6-7-9(2)8-10(3,4)5/h9H,6-7H2,1-5H3. The predicted molar refractivity (Wildman–Crippen MR) is 52.5 cm³/mol. The topological polar surface area (TPSA) is 9.23 Å². The summed E-state index contributed by atoms with van der Waals surface area (Å²) < 4.78 is 5.96. The fourth-order valence-electron chi connectivity index (χ4n) is 1.07. The van der Waals surface area contributed by atoms with Gasteiger partial charge in [-0.25, -0.2) is 0 Å². The maximum Gasteiger partial charge on any atom is 0.170 e. The van der Waals surface area contributed by atoms with Gasteiger partial charge in [-0.05, 0) is 32.2 Å². The van der Waals surface area contributed by atoms with E-state index in [-0.39, 0.29) is 0 Å². The molecule has 0 aromatic heterocycles. The van der Waals surface area contributed by atoms with E-state index in [2.05, 4.69) is 33.1 Å². The molecule has 0 heterocycles. The van der Waals surface area contributed by atoms with Gasteiger partial charge >= 0.3 is 0 Å². The maximum atomic E-state index is 5.96. The molecule has 0 bridgehead atoms. The van der Waals surface area contributed by atoms with Crippen molar-refractivity contribution in [3.8, 4) is 0 Å². The molecule has 1 nitrogen and oxygen atoms in total. The molecular formula is C7H20OSi2. The van der Waals surface area contributed by atoms with Crippen LogP contribution in [0.2, 0.25) is 32.2 Å². The highest BCUT2D eigenvalue weighted by Gasteiger charge is 2.17. The SMILES string of the molecule is CCC[SiH](C)O[Si](C)(C)C. The highest BCUT2D eigenvalue weighted by atomic mass is 28.4. The van der Waals surface area contributed by atoms with E-state index in [0.29, 0.717) is 0 Å². The van der Waals surface area contributed by atoms with Crippen LogP contribution in [0, 0.1) is 0 Å². The van der Waals surface area contributed by atoms with Gasteiger partial charge in [0, 0.05) is 0 Å². The van der Waals surface area contributed by atoms with E-state index in [1.165, 1.54) is 12.5 Å². The van der Waals surface area contributed by atoms with Gasteiger partial charge in [0.15, 0.2) is 17.4 Å². The summed E-state index contributed by atoms with van der Waals surface area (Å²) in [4.78, 5) is 0. The third-order valence-corrected chi connectivity index (χ3v) is 7.08. The summed E-state index contributed by atoms with van der Waals surface area (Å²) in [5.41, 5.74) is 0. The van der Waals surface area contributed by atoms with Crippen LogP contribution in [0.25, 0.3) is 0 Å². The van der Waals surface area contributed by atoms with Crippen LogP contribution in [0.3, 0.4) is 0 Å². The fraction of sp³-hybridized carbons (Fsp3) is 1.00. The Morgan fingerprint density at radius 2 is 1.80 bits per heavy atom. The van der Waals surface area contributed by atoms with Crippen LogP contribution >= 0.6 is 0 Å². The lowest BCUT2D eigenvalue weighted by atomic mass is 10.6. The monoisotopic (exact) mass is 176 g/mol. The quantitative estimate of drug-likeness (QED) is 0.598. The molecule has 0 aromatic carbocycles. The number of rotatable bonds is 4. The zero-order chi connectivity index (χ0) is 8.20. The van der Waals surface area contributed by atoms with Crippen LogP contribution in [0.4, 0.5) is 0 Å². The molecule has 0 saturated heterocycles. The molecular weight excluding hydrogens is 156 g/mol. The normalized spacial score (nSPS) is 15.3. The Labute approximate surface area is 67.6 Å². The van der Waals surface area contributed by atoms with Gasteiger partial charge in [-0.15, -0.1) is 0 Å². The zero-order valence-corrected chi connectivity index (χ0v) is 10.1. The summed E-state index contributed by atoms with van der Waals surface area (Å²) >= 11 is 0. The van der Waals surface area contributed by atoms with E-state index in [4.69, 9.17) is 4.12 Å². The summed E-state index contributed by atoms with van der Waals surface area (Å²) in [5.74, 6) is 0. The van der Waals surface area contributed by atoms with Crippen LogP contribution in [0.5, 0.6) is 0 Å². The van der Waals surface area contributed by atoms with Crippen molar-refractivity contribution in [2.45, 2.75) is 45.6 Å². The molecule has 0 amide bonds. The van der Waals surface area contributed by atoms with Crippen molar-refractivity contribution >= 4 is 17.4 Å². The molecule has 0 radical (unpaired) electrons. The van der Waals surface area contributed by atoms with Crippen LogP contribution in [-0.2, 0) is 4.12 Å². The molecule has 0 fully saturated rings. The first-order valence-corrected chi connectivity index (χ1v) is 9.98. The Bertz CT molecular complexity index is 88.1. The minimum Gasteiger partial charge on any atom is -0.458 e. The Hall–Kier alpha value is 0.394. The van der Waals surface area contributed by atoms with E-state index >= 15 is 0 Å². The lowest BCUT2D eigenvalue weighted by Crippen LogP contribution is -2.32. The minimum absolute atomic E-state index is 0.765. The molecule has 0 spiro atoms.